The second kappa shape index (κ2) is 7.68. The highest BCUT2D eigenvalue weighted by molar-refractivity contribution is 7.17. The Hall–Kier alpha value is -2.69. The minimum Gasteiger partial charge on any atom is -0.385 e. The molecule has 0 amide bonds. The maximum absolute atomic E-state index is 12.4. The molecule has 3 atom stereocenters. The van der Waals surface area contributed by atoms with Crippen LogP contribution in [0.25, 0.3) is 27.4 Å². The zero-order valence-electron chi connectivity index (χ0n) is 19.3. The summed E-state index contributed by atoms with van der Waals surface area (Å²) >= 11 is 1.75. The maximum Gasteiger partial charge on any atom is 0.0958 e. The van der Waals surface area contributed by atoms with E-state index >= 15 is 0 Å². The van der Waals surface area contributed by atoms with Gasteiger partial charge in [0.1, 0.15) is 0 Å². The normalized spacial score (nSPS) is 24.1. The van der Waals surface area contributed by atoms with E-state index < -0.39 is 5.60 Å². The van der Waals surface area contributed by atoms with Crippen molar-refractivity contribution in [2.75, 3.05) is 0 Å². The van der Waals surface area contributed by atoms with Crippen LogP contribution in [0.1, 0.15) is 50.8 Å². The standard InChI is InChI=1S/C29H30N2OS/c1-3-29(32,23-17-33-25-14-8-7-13-22(23)25)26-15-9-12-21-16-24-27(20-10-5-4-6-11-20)30-19-31(24)18-28(21,26)2/h4-8,10-11,13-14,16-17,19,26,32H,3,9,12,15,18H2,1-2H3/t26-,28-,29+/m0/s1. The van der Waals surface area contributed by atoms with Gasteiger partial charge in [-0.25, -0.2) is 4.98 Å². The number of aromatic nitrogens is 2. The number of allylic oxidation sites excluding steroid dienone is 1. The lowest BCUT2D eigenvalue weighted by atomic mass is 9.56. The molecular weight excluding hydrogens is 424 g/mol. The van der Waals surface area contributed by atoms with Crippen LogP contribution in [0, 0.1) is 11.3 Å². The summed E-state index contributed by atoms with van der Waals surface area (Å²) in [5.41, 5.74) is 5.04. The summed E-state index contributed by atoms with van der Waals surface area (Å²) in [5.74, 6) is 0.156. The van der Waals surface area contributed by atoms with Crippen molar-refractivity contribution in [1.29, 1.82) is 0 Å². The van der Waals surface area contributed by atoms with Crippen molar-refractivity contribution in [2.24, 2.45) is 11.3 Å². The third-order valence-corrected chi connectivity index (χ3v) is 9.20. The molecule has 3 heterocycles. The van der Waals surface area contributed by atoms with Crippen molar-refractivity contribution >= 4 is 27.5 Å². The summed E-state index contributed by atoms with van der Waals surface area (Å²) < 4.78 is 3.57. The average molecular weight is 455 g/mol. The molecule has 3 nitrogen and oxygen atoms in total. The number of fused-ring (bicyclic) bond motifs is 3. The lowest BCUT2D eigenvalue weighted by Gasteiger charge is -2.52. The van der Waals surface area contributed by atoms with Gasteiger partial charge in [-0.3, -0.25) is 0 Å². The zero-order valence-corrected chi connectivity index (χ0v) is 20.1. The topological polar surface area (TPSA) is 38.1 Å². The third-order valence-electron chi connectivity index (χ3n) is 8.24. The fraction of sp³-hybridized carbons (Fsp3) is 0.345. The van der Waals surface area contributed by atoms with E-state index in [9.17, 15) is 5.11 Å². The molecule has 1 aliphatic carbocycles. The highest BCUT2D eigenvalue weighted by Crippen LogP contribution is 2.57. The van der Waals surface area contributed by atoms with Gasteiger partial charge in [0.15, 0.2) is 0 Å². The molecule has 4 aromatic rings. The van der Waals surface area contributed by atoms with E-state index in [1.807, 2.05) is 12.4 Å². The minimum absolute atomic E-state index is 0.103. The molecule has 168 valence electrons. The van der Waals surface area contributed by atoms with Gasteiger partial charge < -0.3 is 9.67 Å². The Kier molecular flexibility index (Phi) is 4.86. The van der Waals surface area contributed by atoms with Crippen molar-refractivity contribution in [3.63, 3.8) is 0 Å². The Morgan fingerprint density at radius 1 is 1.15 bits per heavy atom. The summed E-state index contributed by atoms with van der Waals surface area (Å²) in [6, 6.07) is 19.0. The molecule has 2 aromatic carbocycles. The second-order valence-electron chi connectivity index (χ2n) is 9.93. The fourth-order valence-electron chi connectivity index (χ4n) is 6.48. The van der Waals surface area contributed by atoms with Gasteiger partial charge in [-0.15, -0.1) is 11.3 Å². The van der Waals surface area contributed by atoms with Gasteiger partial charge in [0, 0.05) is 33.7 Å². The zero-order chi connectivity index (χ0) is 22.6. The number of thiophene rings is 1. The molecule has 0 unspecified atom stereocenters. The quantitative estimate of drug-likeness (QED) is 0.352. The molecule has 6 rings (SSSR count). The molecule has 33 heavy (non-hydrogen) atoms. The van der Waals surface area contributed by atoms with Crippen LogP contribution in [0.5, 0.6) is 0 Å². The predicted octanol–water partition coefficient (Wildman–Crippen LogP) is 7.27. The minimum atomic E-state index is -0.853. The average Bonchev–Trinajstić information content (AvgIpc) is 3.46. The van der Waals surface area contributed by atoms with Crippen molar-refractivity contribution in [1.82, 2.24) is 9.55 Å². The third kappa shape index (κ3) is 3.08. The largest absolute Gasteiger partial charge is 0.385 e. The van der Waals surface area contributed by atoms with E-state index in [4.69, 9.17) is 4.98 Å². The molecule has 1 fully saturated rings. The molecule has 2 aliphatic rings. The van der Waals surface area contributed by atoms with Crippen LogP contribution < -0.4 is 0 Å². The summed E-state index contributed by atoms with van der Waals surface area (Å²) in [7, 11) is 0. The van der Waals surface area contributed by atoms with Crippen molar-refractivity contribution in [3.8, 4) is 11.3 Å². The van der Waals surface area contributed by atoms with E-state index in [2.05, 4.69) is 78.4 Å². The Morgan fingerprint density at radius 3 is 2.76 bits per heavy atom. The number of rotatable bonds is 4. The molecule has 4 heteroatoms. The molecule has 1 saturated carbocycles. The van der Waals surface area contributed by atoms with E-state index in [1.165, 1.54) is 21.4 Å². The van der Waals surface area contributed by atoms with Crippen LogP contribution in [0.2, 0.25) is 0 Å². The smallest absolute Gasteiger partial charge is 0.0958 e. The first-order valence-electron chi connectivity index (χ1n) is 12.1. The number of imidazole rings is 1. The summed E-state index contributed by atoms with van der Waals surface area (Å²) in [6.45, 7) is 5.39. The van der Waals surface area contributed by atoms with Crippen molar-refractivity contribution in [3.05, 3.63) is 83.1 Å². The Balaban J connectivity index is 1.45. The van der Waals surface area contributed by atoms with Gasteiger partial charge in [0.25, 0.3) is 0 Å². The van der Waals surface area contributed by atoms with Gasteiger partial charge in [0.05, 0.1) is 23.3 Å². The van der Waals surface area contributed by atoms with Crippen molar-refractivity contribution in [2.45, 2.75) is 51.7 Å². The van der Waals surface area contributed by atoms with Crippen LogP contribution in [0.15, 0.2) is 71.9 Å². The molecule has 1 N–H and O–H groups in total. The Morgan fingerprint density at radius 2 is 1.94 bits per heavy atom. The van der Waals surface area contributed by atoms with Crippen LogP contribution in [0.3, 0.4) is 0 Å². The van der Waals surface area contributed by atoms with E-state index in [-0.39, 0.29) is 11.3 Å². The first-order valence-corrected chi connectivity index (χ1v) is 12.9. The number of hydrogen-bond acceptors (Lipinski definition) is 3. The first-order chi connectivity index (χ1) is 16.0. The van der Waals surface area contributed by atoms with Crippen LogP contribution in [-0.4, -0.2) is 14.7 Å². The first kappa shape index (κ1) is 20.9. The van der Waals surface area contributed by atoms with E-state index in [1.54, 1.807) is 11.3 Å². The molecule has 1 aliphatic heterocycles. The highest BCUT2D eigenvalue weighted by atomic mass is 32.1. The van der Waals surface area contributed by atoms with Crippen LogP contribution in [0.4, 0.5) is 0 Å². The monoisotopic (exact) mass is 454 g/mol. The van der Waals surface area contributed by atoms with Gasteiger partial charge in [-0.2, -0.15) is 0 Å². The van der Waals surface area contributed by atoms with Gasteiger partial charge in [-0.05, 0) is 48.6 Å². The lowest BCUT2D eigenvalue weighted by Crippen LogP contribution is -2.49. The summed E-state index contributed by atoms with van der Waals surface area (Å²) in [5, 5.41) is 15.8. The SMILES string of the molecule is CC[C@@](O)(c1csc2ccccc12)[C@H]1CCCC2=Cc3c(-c4ccccc4)ncn3C[C@@]21C. The molecule has 0 spiro atoms. The summed E-state index contributed by atoms with van der Waals surface area (Å²) in [6.07, 6.45) is 8.34. The maximum atomic E-state index is 12.4. The Labute approximate surface area is 199 Å². The van der Waals surface area contributed by atoms with Crippen LogP contribution in [-0.2, 0) is 12.1 Å². The molecular formula is C29H30N2OS. The lowest BCUT2D eigenvalue weighted by molar-refractivity contribution is -0.0866. The molecule has 2 aromatic heterocycles. The summed E-state index contributed by atoms with van der Waals surface area (Å²) in [4.78, 5) is 4.81. The van der Waals surface area contributed by atoms with Gasteiger partial charge in [-0.1, -0.05) is 68.0 Å². The molecule has 0 radical (unpaired) electrons. The predicted molar refractivity (Wildman–Crippen MR) is 137 cm³/mol. The molecule has 0 saturated heterocycles. The second-order valence-corrected chi connectivity index (χ2v) is 10.8. The highest BCUT2D eigenvalue weighted by Gasteiger charge is 2.52. The Bertz CT molecular complexity index is 1350. The number of aliphatic hydroxyl groups is 1. The van der Waals surface area contributed by atoms with Gasteiger partial charge >= 0.3 is 0 Å². The molecule has 0 bridgehead atoms. The fourth-order valence-corrected chi connectivity index (χ4v) is 7.52. The number of hydrogen-bond donors (Lipinski definition) is 1. The number of benzene rings is 2. The van der Waals surface area contributed by atoms with E-state index in [0.29, 0.717) is 6.42 Å². The number of nitrogens with zero attached hydrogens (tertiary/aromatic N) is 2. The van der Waals surface area contributed by atoms with Crippen LogP contribution >= 0.6 is 11.3 Å². The van der Waals surface area contributed by atoms with Crippen molar-refractivity contribution < 1.29 is 5.11 Å². The van der Waals surface area contributed by atoms with Gasteiger partial charge in [0.2, 0.25) is 0 Å². The van der Waals surface area contributed by atoms with E-state index in [0.717, 1.165) is 42.6 Å².